The van der Waals surface area contributed by atoms with E-state index in [0.29, 0.717) is 11.3 Å². The Labute approximate surface area is 86.5 Å². The van der Waals surface area contributed by atoms with Crippen LogP contribution in [0.4, 0.5) is 0 Å². The minimum absolute atomic E-state index is 0.0467. The van der Waals surface area contributed by atoms with Crippen LogP contribution >= 0.6 is 27.3 Å². The van der Waals surface area contributed by atoms with Crippen molar-refractivity contribution in [2.45, 2.75) is 4.34 Å². The molecule has 0 aliphatic heterocycles. The first kappa shape index (κ1) is 10.6. The molecule has 0 atom stereocenters. The number of hydrogen-bond acceptors (Lipinski definition) is 5. The molecule has 0 fully saturated rings. The van der Waals surface area contributed by atoms with Crippen molar-refractivity contribution in [3.05, 3.63) is 9.48 Å². The van der Waals surface area contributed by atoms with Crippen LogP contribution in [-0.4, -0.2) is 30.7 Å². The summed E-state index contributed by atoms with van der Waals surface area (Å²) in [6.45, 7) is 0. The van der Waals surface area contributed by atoms with E-state index in [9.17, 15) is 13.2 Å². The lowest BCUT2D eigenvalue weighted by Crippen LogP contribution is -1.94. The van der Waals surface area contributed by atoms with Gasteiger partial charge in [0.15, 0.2) is 0 Å². The highest BCUT2D eigenvalue weighted by Crippen LogP contribution is 2.26. The first-order chi connectivity index (χ1) is 5.82. The van der Waals surface area contributed by atoms with Crippen LogP contribution in [0.15, 0.2) is 8.94 Å². The first-order valence-electron chi connectivity index (χ1n) is 2.92. The molecule has 1 aromatic rings. The van der Waals surface area contributed by atoms with Crippen LogP contribution in [0.25, 0.3) is 0 Å². The van der Waals surface area contributed by atoms with Gasteiger partial charge in [0.2, 0.25) is 14.2 Å². The summed E-state index contributed by atoms with van der Waals surface area (Å²) in [5.74, 6) is -1.20. The van der Waals surface area contributed by atoms with Gasteiger partial charge >= 0.3 is 5.97 Å². The minimum Gasteiger partial charge on any atom is -0.477 e. The number of carbonyl (C=O) groups is 1. The van der Waals surface area contributed by atoms with Crippen LogP contribution < -0.4 is 0 Å². The average Bonchev–Trinajstić information content (AvgIpc) is 2.29. The molecule has 0 unspecified atom stereocenters. The Bertz CT molecular complexity index is 449. The number of nitrogens with zero attached hydrogens (tertiary/aromatic N) is 1. The molecule has 72 valence electrons. The molecule has 0 spiro atoms. The molecule has 0 aliphatic carbocycles. The van der Waals surface area contributed by atoms with E-state index in [2.05, 4.69) is 20.9 Å². The summed E-state index contributed by atoms with van der Waals surface area (Å²) in [6, 6.07) is 0. The lowest BCUT2D eigenvalue weighted by molar-refractivity contribution is 0.0701. The van der Waals surface area contributed by atoms with Gasteiger partial charge in [-0.25, -0.2) is 18.2 Å². The van der Waals surface area contributed by atoms with Gasteiger partial charge in [0.05, 0.1) is 0 Å². The summed E-state index contributed by atoms with van der Waals surface area (Å²) in [5, 5.41) is 8.59. The molecule has 1 heterocycles. The van der Waals surface area contributed by atoms with Crippen molar-refractivity contribution < 1.29 is 18.3 Å². The summed E-state index contributed by atoms with van der Waals surface area (Å²) in [5.41, 5.74) is 0. The van der Waals surface area contributed by atoms with Gasteiger partial charge in [0.1, 0.15) is 9.48 Å². The summed E-state index contributed by atoms with van der Waals surface area (Å²) in [7, 11) is -3.42. The SMILES string of the molecule is CS(=O)(=O)c1nc(Br)c(C(=O)O)s1. The normalized spacial score (nSPS) is 11.5. The van der Waals surface area contributed by atoms with Crippen molar-refractivity contribution in [2.75, 3.05) is 6.26 Å². The van der Waals surface area contributed by atoms with Gasteiger partial charge in [-0.2, -0.15) is 0 Å². The van der Waals surface area contributed by atoms with Gasteiger partial charge < -0.3 is 5.11 Å². The number of sulfone groups is 1. The zero-order chi connectivity index (χ0) is 10.2. The molecule has 1 rings (SSSR count). The third-order valence-electron chi connectivity index (χ3n) is 1.08. The molecule has 0 amide bonds. The number of aromatic nitrogens is 1. The van der Waals surface area contributed by atoms with Crippen molar-refractivity contribution in [1.29, 1.82) is 0 Å². The van der Waals surface area contributed by atoms with Crippen molar-refractivity contribution >= 4 is 43.1 Å². The van der Waals surface area contributed by atoms with Gasteiger partial charge in [0.25, 0.3) is 0 Å². The third-order valence-corrected chi connectivity index (χ3v) is 4.64. The zero-order valence-corrected chi connectivity index (χ0v) is 9.53. The van der Waals surface area contributed by atoms with Crippen molar-refractivity contribution in [3.8, 4) is 0 Å². The van der Waals surface area contributed by atoms with Crippen LogP contribution in [0, 0.1) is 0 Å². The summed E-state index contributed by atoms with van der Waals surface area (Å²) in [6.07, 6.45) is 0.976. The Balaban J connectivity index is 3.33. The second kappa shape index (κ2) is 3.35. The topological polar surface area (TPSA) is 84.3 Å². The fourth-order valence-electron chi connectivity index (χ4n) is 0.574. The van der Waals surface area contributed by atoms with Crippen molar-refractivity contribution in [1.82, 2.24) is 4.98 Å². The molecule has 0 bridgehead atoms. The molecular formula is C5H4BrNO4S2. The minimum atomic E-state index is -3.42. The molecular weight excluding hydrogens is 282 g/mol. The maximum absolute atomic E-state index is 11.0. The van der Waals surface area contributed by atoms with E-state index >= 15 is 0 Å². The molecule has 5 nitrogen and oxygen atoms in total. The number of halogens is 1. The highest BCUT2D eigenvalue weighted by Gasteiger charge is 2.20. The van der Waals surface area contributed by atoms with Crippen LogP contribution in [0.5, 0.6) is 0 Å². The number of carboxylic acid groups (broad SMARTS) is 1. The quantitative estimate of drug-likeness (QED) is 0.877. The van der Waals surface area contributed by atoms with E-state index in [0.717, 1.165) is 6.26 Å². The highest BCUT2D eigenvalue weighted by atomic mass is 79.9. The molecule has 13 heavy (non-hydrogen) atoms. The van der Waals surface area contributed by atoms with E-state index in [4.69, 9.17) is 5.11 Å². The Morgan fingerprint density at radius 1 is 1.62 bits per heavy atom. The predicted octanol–water partition coefficient (Wildman–Crippen LogP) is 1.01. The van der Waals surface area contributed by atoms with Crippen molar-refractivity contribution in [2.24, 2.45) is 0 Å². The number of rotatable bonds is 2. The molecule has 0 aliphatic rings. The fourth-order valence-corrected chi connectivity index (χ4v) is 3.04. The van der Waals surface area contributed by atoms with E-state index in [1.807, 2.05) is 0 Å². The van der Waals surface area contributed by atoms with Gasteiger partial charge in [-0.3, -0.25) is 0 Å². The van der Waals surface area contributed by atoms with Gasteiger partial charge in [-0.1, -0.05) is 11.3 Å². The van der Waals surface area contributed by atoms with Crippen LogP contribution in [0.2, 0.25) is 0 Å². The van der Waals surface area contributed by atoms with Gasteiger partial charge in [-0.05, 0) is 15.9 Å². The Morgan fingerprint density at radius 2 is 2.15 bits per heavy atom. The Morgan fingerprint density at radius 3 is 2.38 bits per heavy atom. The lowest BCUT2D eigenvalue weighted by atomic mass is 10.6. The molecule has 0 saturated carbocycles. The van der Waals surface area contributed by atoms with E-state index in [-0.39, 0.29) is 13.8 Å². The fraction of sp³-hybridized carbons (Fsp3) is 0.200. The predicted molar refractivity (Wildman–Crippen MR) is 49.9 cm³/mol. The maximum atomic E-state index is 11.0. The molecule has 1 N–H and O–H groups in total. The van der Waals surface area contributed by atoms with Crippen LogP contribution in [0.3, 0.4) is 0 Å². The molecule has 0 radical (unpaired) electrons. The lowest BCUT2D eigenvalue weighted by Gasteiger charge is -1.85. The smallest absolute Gasteiger partial charge is 0.348 e. The van der Waals surface area contributed by atoms with Crippen LogP contribution in [-0.2, 0) is 9.84 Å². The maximum Gasteiger partial charge on any atom is 0.348 e. The molecule has 0 saturated heterocycles. The Kier molecular flexibility index (Phi) is 2.74. The van der Waals surface area contributed by atoms with E-state index in [1.54, 1.807) is 0 Å². The number of hydrogen-bond donors (Lipinski definition) is 1. The molecule has 8 heteroatoms. The van der Waals surface area contributed by atoms with E-state index in [1.165, 1.54) is 0 Å². The summed E-state index contributed by atoms with van der Waals surface area (Å²) < 4.78 is 21.8. The highest BCUT2D eigenvalue weighted by molar-refractivity contribution is 9.10. The monoisotopic (exact) mass is 285 g/mol. The number of carboxylic acids is 1. The molecule has 0 aromatic carbocycles. The van der Waals surface area contributed by atoms with Gasteiger partial charge in [0, 0.05) is 6.26 Å². The standard InChI is InChI=1S/C5H4BrNO4S2/c1-13(10,11)5-7-3(6)2(12-5)4(8)9/h1H3,(H,8,9). The van der Waals surface area contributed by atoms with Crippen molar-refractivity contribution in [3.63, 3.8) is 0 Å². The Hall–Kier alpha value is -0.470. The average molecular weight is 286 g/mol. The summed E-state index contributed by atoms with van der Waals surface area (Å²) >= 11 is 3.49. The van der Waals surface area contributed by atoms with Crippen LogP contribution in [0.1, 0.15) is 9.67 Å². The first-order valence-corrected chi connectivity index (χ1v) is 6.42. The zero-order valence-electron chi connectivity index (χ0n) is 6.31. The summed E-state index contributed by atoms with van der Waals surface area (Å²) in [4.78, 5) is 14.0. The number of thiazole rings is 1. The second-order valence-electron chi connectivity index (χ2n) is 2.18. The second-order valence-corrected chi connectivity index (χ2v) is 6.12. The largest absolute Gasteiger partial charge is 0.477 e. The van der Waals surface area contributed by atoms with Gasteiger partial charge in [-0.15, -0.1) is 0 Å². The number of aromatic carboxylic acids is 1. The van der Waals surface area contributed by atoms with E-state index < -0.39 is 15.8 Å². The third kappa shape index (κ3) is 2.26. The molecule has 1 aromatic heterocycles.